The lowest BCUT2D eigenvalue weighted by atomic mass is 10.1. The first-order chi connectivity index (χ1) is 10.8. The summed E-state index contributed by atoms with van der Waals surface area (Å²) in [5.74, 6) is -4.13. The minimum Gasteiger partial charge on any atom is -0.480 e. The van der Waals surface area contributed by atoms with Crippen LogP contribution < -0.4 is 0 Å². The van der Waals surface area contributed by atoms with E-state index in [1.165, 1.54) is 17.0 Å². The second-order valence-electron chi connectivity index (χ2n) is 6.05. The van der Waals surface area contributed by atoms with Crippen molar-refractivity contribution in [2.24, 2.45) is 5.92 Å². The first-order valence-corrected chi connectivity index (χ1v) is 7.40. The highest BCUT2D eigenvalue weighted by molar-refractivity contribution is 5.86. The Bertz CT molecular complexity index is 607. The minimum atomic E-state index is -1.09. The van der Waals surface area contributed by atoms with Gasteiger partial charge in [0.05, 0.1) is 0 Å². The lowest BCUT2D eigenvalue weighted by Gasteiger charge is -2.23. The summed E-state index contributed by atoms with van der Waals surface area (Å²) in [5, 5.41) is 8.95. The average molecular weight is 326 g/mol. The third kappa shape index (κ3) is 4.25. The molecule has 2 rings (SSSR count). The van der Waals surface area contributed by atoms with Crippen molar-refractivity contribution in [2.45, 2.75) is 12.3 Å². The van der Waals surface area contributed by atoms with Crippen LogP contribution in [0.5, 0.6) is 0 Å². The van der Waals surface area contributed by atoms with Gasteiger partial charge < -0.3 is 14.9 Å². The van der Waals surface area contributed by atoms with Gasteiger partial charge in [-0.25, -0.2) is 8.78 Å². The third-order valence-electron chi connectivity index (χ3n) is 3.94. The van der Waals surface area contributed by atoms with Gasteiger partial charge in [-0.2, -0.15) is 0 Å². The molecule has 1 saturated carbocycles. The molecule has 23 heavy (non-hydrogen) atoms. The van der Waals surface area contributed by atoms with E-state index in [4.69, 9.17) is 5.11 Å². The normalized spacial score (nSPS) is 19.7. The maximum absolute atomic E-state index is 13.8. The highest BCUT2D eigenvalue weighted by atomic mass is 19.2. The lowest BCUT2D eigenvalue weighted by molar-refractivity contribution is -0.145. The van der Waals surface area contributed by atoms with Gasteiger partial charge >= 0.3 is 5.97 Å². The topological polar surface area (TPSA) is 60.9 Å². The summed E-state index contributed by atoms with van der Waals surface area (Å²) in [5.41, 5.74) is 0.186. The molecule has 0 heterocycles. The number of carbonyl (C=O) groups excluding carboxylic acids is 1. The summed E-state index contributed by atoms with van der Waals surface area (Å²) < 4.78 is 27.1. The molecule has 1 aromatic rings. The summed E-state index contributed by atoms with van der Waals surface area (Å²) in [6, 6.07) is 3.91. The SMILES string of the molecule is CN(C)CCN(CC(=O)O)C(=O)[C@H]1C[C@H]1c1cccc(F)c1F. The maximum atomic E-state index is 13.8. The number of amides is 1. The van der Waals surface area contributed by atoms with Crippen molar-refractivity contribution in [3.05, 3.63) is 35.4 Å². The van der Waals surface area contributed by atoms with Crippen molar-refractivity contribution in [2.75, 3.05) is 33.7 Å². The number of hydrogen-bond acceptors (Lipinski definition) is 3. The number of hydrogen-bond donors (Lipinski definition) is 1. The molecule has 0 unspecified atom stereocenters. The van der Waals surface area contributed by atoms with Crippen LogP contribution in [0.2, 0.25) is 0 Å². The fraction of sp³-hybridized carbons (Fsp3) is 0.500. The van der Waals surface area contributed by atoms with Crippen LogP contribution in [0.1, 0.15) is 17.9 Å². The summed E-state index contributed by atoms with van der Waals surface area (Å²) in [7, 11) is 3.65. The van der Waals surface area contributed by atoms with Crippen LogP contribution >= 0.6 is 0 Å². The van der Waals surface area contributed by atoms with Crippen molar-refractivity contribution in [3.8, 4) is 0 Å². The fourth-order valence-corrected chi connectivity index (χ4v) is 2.60. The molecule has 0 bridgehead atoms. The summed E-state index contributed by atoms with van der Waals surface area (Å²) in [6.45, 7) is 0.430. The number of benzene rings is 1. The zero-order valence-electron chi connectivity index (χ0n) is 13.1. The molecule has 1 aliphatic rings. The van der Waals surface area contributed by atoms with Gasteiger partial charge in [-0.1, -0.05) is 12.1 Å². The molecule has 126 valence electrons. The zero-order valence-corrected chi connectivity index (χ0v) is 13.1. The van der Waals surface area contributed by atoms with E-state index >= 15 is 0 Å². The summed E-state index contributed by atoms with van der Waals surface area (Å²) >= 11 is 0. The summed E-state index contributed by atoms with van der Waals surface area (Å²) in [6.07, 6.45) is 0.414. The van der Waals surface area contributed by atoms with Gasteiger partial charge in [-0.15, -0.1) is 0 Å². The molecule has 0 aliphatic heterocycles. The van der Waals surface area contributed by atoms with Crippen LogP contribution in [-0.4, -0.2) is 60.5 Å². The van der Waals surface area contributed by atoms with Crippen LogP contribution in [0.25, 0.3) is 0 Å². The Morgan fingerprint density at radius 2 is 1.96 bits per heavy atom. The number of carbonyl (C=O) groups is 2. The van der Waals surface area contributed by atoms with Crippen molar-refractivity contribution in [1.82, 2.24) is 9.80 Å². The molecule has 0 aromatic heterocycles. The van der Waals surface area contributed by atoms with E-state index in [1.807, 2.05) is 19.0 Å². The number of rotatable bonds is 7. The van der Waals surface area contributed by atoms with Gasteiger partial charge in [0.25, 0.3) is 0 Å². The lowest BCUT2D eigenvalue weighted by Crippen LogP contribution is -2.41. The van der Waals surface area contributed by atoms with Crippen molar-refractivity contribution < 1.29 is 23.5 Å². The maximum Gasteiger partial charge on any atom is 0.323 e. The van der Waals surface area contributed by atoms with Crippen LogP contribution in [0, 0.1) is 17.6 Å². The molecule has 0 spiro atoms. The molecule has 5 nitrogen and oxygen atoms in total. The zero-order chi connectivity index (χ0) is 17.1. The number of carboxylic acids is 1. The predicted octanol–water partition coefficient (Wildman–Crippen LogP) is 1.54. The van der Waals surface area contributed by atoms with E-state index in [0.717, 1.165) is 6.07 Å². The van der Waals surface area contributed by atoms with Crippen LogP contribution in [0.3, 0.4) is 0 Å². The van der Waals surface area contributed by atoms with E-state index in [2.05, 4.69) is 0 Å². The van der Waals surface area contributed by atoms with E-state index < -0.39 is 23.5 Å². The molecule has 1 fully saturated rings. The predicted molar refractivity (Wildman–Crippen MR) is 80.0 cm³/mol. The Morgan fingerprint density at radius 3 is 2.57 bits per heavy atom. The van der Waals surface area contributed by atoms with Gasteiger partial charge in [0.15, 0.2) is 11.6 Å². The molecular weight excluding hydrogens is 306 g/mol. The van der Waals surface area contributed by atoms with Gasteiger partial charge in [0, 0.05) is 19.0 Å². The third-order valence-corrected chi connectivity index (χ3v) is 3.94. The molecule has 0 saturated heterocycles. The van der Waals surface area contributed by atoms with Crippen molar-refractivity contribution in [3.63, 3.8) is 0 Å². The summed E-state index contributed by atoms with van der Waals surface area (Å²) in [4.78, 5) is 26.5. The molecule has 7 heteroatoms. The average Bonchev–Trinajstić information content (AvgIpc) is 3.25. The Hall–Kier alpha value is -2.02. The monoisotopic (exact) mass is 326 g/mol. The van der Waals surface area contributed by atoms with Gasteiger partial charge in [-0.05, 0) is 38.1 Å². The van der Waals surface area contributed by atoms with E-state index in [9.17, 15) is 18.4 Å². The Kier molecular flexibility index (Phi) is 5.30. The van der Waals surface area contributed by atoms with Gasteiger partial charge in [0.2, 0.25) is 5.91 Å². The Balaban J connectivity index is 2.06. The number of likely N-dealkylation sites (N-methyl/N-ethyl adjacent to an activating group) is 1. The molecule has 0 radical (unpaired) electrons. The first-order valence-electron chi connectivity index (χ1n) is 7.40. The number of aliphatic carboxylic acids is 1. The van der Waals surface area contributed by atoms with Crippen LogP contribution in [-0.2, 0) is 9.59 Å². The van der Waals surface area contributed by atoms with E-state index in [-0.39, 0.29) is 30.5 Å². The standard InChI is InChI=1S/C16H20F2N2O3/c1-19(2)6-7-20(9-14(21)22)16(23)12-8-11(12)10-4-3-5-13(17)15(10)18/h3-5,11-12H,6-9H2,1-2H3,(H,21,22)/t11-,12-/m0/s1. The van der Waals surface area contributed by atoms with Crippen molar-refractivity contribution >= 4 is 11.9 Å². The van der Waals surface area contributed by atoms with E-state index in [1.54, 1.807) is 0 Å². The van der Waals surface area contributed by atoms with E-state index in [0.29, 0.717) is 13.0 Å². The van der Waals surface area contributed by atoms with Crippen molar-refractivity contribution in [1.29, 1.82) is 0 Å². The number of nitrogens with zero attached hydrogens (tertiary/aromatic N) is 2. The molecule has 1 aromatic carbocycles. The second-order valence-corrected chi connectivity index (χ2v) is 6.05. The molecule has 2 atom stereocenters. The fourth-order valence-electron chi connectivity index (χ4n) is 2.60. The van der Waals surface area contributed by atoms with Crippen LogP contribution in [0.4, 0.5) is 8.78 Å². The molecule has 1 amide bonds. The Morgan fingerprint density at radius 1 is 1.26 bits per heavy atom. The van der Waals surface area contributed by atoms with Gasteiger partial charge in [0.1, 0.15) is 6.54 Å². The highest BCUT2D eigenvalue weighted by Gasteiger charge is 2.47. The minimum absolute atomic E-state index is 0.186. The highest BCUT2D eigenvalue weighted by Crippen LogP contribution is 2.49. The smallest absolute Gasteiger partial charge is 0.323 e. The van der Waals surface area contributed by atoms with Crippen LogP contribution in [0.15, 0.2) is 18.2 Å². The Labute approximate surface area is 133 Å². The second kappa shape index (κ2) is 7.04. The molecular formula is C16H20F2N2O3. The molecule has 1 N–H and O–H groups in total. The largest absolute Gasteiger partial charge is 0.480 e. The molecule has 1 aliphatic carbocycles. The first kappa shape index (κ1) is 17.3. The van der Waals surface area contributed by atoms with Gasteiger partial charge in [-0.3, -0.25) is 9.59 Å². The number of carboxylic acid groups (broad SMARTS) is 1. The number of halogens is 2. The quantitative estimate of drug-likeness (QED) is 0.826.